The third-order valence-electron chi connectivity index (χ3n) is 6.06. The van der Waals surface area contributed by atoms with E-state index in [1.165, 1.54) is 5.56 Å². The fourth-order valence-electron chi connectivity index (χ4n) is 4.43. The Balaban J connectivity index is 1.73. The van der Waals surface area contributed by atoms with Gasteiger partial charge >= 0.3 is 0 Å². The normalized spacial score (nSPS) is 20.3. The molecule has 0 spiro atoms. The Kier molecular flexibility index (Phi) is 7.27. The summed E-state index contributed by atoms with van der Waals surface area (Å²) in [5, 5.41) is 0. The molecule has 28 heavy (non-hydrogen) atoms. The Morgan fingerprint density at radius 3 is 2.32 bits per heavy atom. The van der Waals surface area contributed by atoms with Crippen molar-refractivity contribution in [3.05, 3.63) is 66.2 Å². The van der Waals surface area contributed by atoms with Gasteiger partial charge in [-0.15, -0.1) is 0 Å². The molecule has 3 heteroatoms. The van der Waals surface area contributed by atoms with E-state index in [9.17, 15) is 4.79 Å². The molecule has 1 aliphatic heterocycles. The van der Waals surface area contributed by atoms with Crippen LogP contribution in [-0.2, 0) is 11.2 Å². The van der Waals surface area contributed by atoms with Crippen LogP contribution in [0.5, 0.6) is 0 Å². The second kappa shape index (κ2) is 9.88. The number of hydrogen-bond donors (Lipinski definition) is 0. The number of hydrogen-bond acceptors (Lipinski definition) is 2. The van der Waals surface area contributed by atoms with Gasteiger partial charge in [-0.1, -0.05) is 69.3 Å². The highest BCUT2D eigenvalue weighted by Crippen LogP contribution is 2.32. The van der Waals surface area contributed by atoms with Crippen molar-refractivity contribution in [1.29, 1.82) is 0 Å². The van der Waals surface area contributed by atoms with Crippen LogP contribution >= 0.6 is 0 Å². The molecule has 0 saturated carbocycles. The van der Waals surface area contributed by atoms with Crippen LogP contribution in [0.25, 0.3) is 0 Å². The lowest BCUT2D eigenvalue weighted by Crippen LogP contribution is -2.55. The summed E-state index contributed by atoms with van der Waals surface area (Å²) in [6, 6.07) is 21.3. The van der Waals surface area contributed by atoms with Crippen molar-refractivity contribution < 1.29 is 4.79 Å². The third-order valence-corrected chi connectivity index (χ3v) is 6.06. The Morgan fingerprint density at radius 1 is 1.07 bits per heavy atom. The first-order valence-corrected chi connectivity index (χ1v) is 10.7. The summed E-state index contributed by atoms with van der Waals surface area (Å²) in [6.45, 7) is 9.79. The molecule has 2 aromatic carbocycles. The molecule has 2 aromatic rings. The van der Waals surface area contributed by atoms with Crippen LogP contribution < -0.4 is 4.90 Å². The van der Waals surface area contributed by atoms with Gasteiger partial charge in [-0.25, -0.2) is 0 Å². The minimum absolute atomic E-state index is 0.236. The molecule has 0 aliphatic carbocycles. The Labute approximate surface area is 170 Å². The van der Waals surface area contributed by atoms with Crippen LogP contribution in [0.1, 0.15) is 39.2 Å². The predicted octanol–water partition coefficient (Wildman–Crippen LogP) is 5.02. The molecular formula is C25H34N2O. The van der Waals surface area contributed by atoms with Gasteiger partial charge in [0.25, 0.3) is 0 Å². The molecule has 3 nitrogen and oxygen atoms in total. The second-order valence-corrected chi connectivity index (χ2v) is 8.25. The summed E-state index contributed by atoms with van der Waals surface area (Å²) in [5.74, 6) is 1.26. The standard InChI is InChI=1S/C25H34N2O/c1-4-25(28)27(22-13-9-6-10-14-22)24-16-18-26(19-23(24)20(2)3)17-15-21-11-7-5-8-12-21/h5-14,20,23-24H,4,15-19H2,1-3H3/t23-,24+/m1/s1. The van der Waals surface area contributed by atoms with Gasteiger partial charge in [0, 0.05) is 37.8 Å². The van der Waals surface area contributed by atoms with E-state index in [1.54, 1.807) is 0 Å². The summed E-state index contributed by atoms with van der Waals surface area (Å²) >= 11 is 0. The molecule has 1 saturated heterocycles. The van der Waals surface area contributed by atoms with Crippen LogP contribution in [0, 0.1) is 11.8 Å². The molecule has 0 bridgehead atoms. The summed E-state index contributed by atoms with van der Waals surface area (Å²) < 4.78 is 0. The lowest BCUT2D eigenvalue weighted by Gasteiger charge is -2.45. The van der Waals surface area contributed by atoms with E-state index in [2.05, 4.69) is 66.1 Å². The Hall–Kier alpha value is -2.13. The molecule has 1 aliphatic rings. The first-order chi connectivity index (χ1) is 13.6. The molecule has 0 aromatic heterocycles. The summed E-state index contributed by atoms with van der Waals surface area (Å²) in [5.41, 5.74) is 2.44. The van der Waals surface area contributed by atoms with E-state index in [0.29, 0.717) is 18.3 Å². The van der Waals surface area contributed by atoms with Gasteiger partial charge in [-0.3, -0.25) is 4.79 Å². The number of piperidine rings is 1. The number of nitrogens with zero attached hydrogens (tertiary/aromatic N) is 2. The Bertz CT molecular complexity index is 729. The van der Waals surface area contributed by atoms with Crippen molar-refractivity contribution in [2.45, 2.75) is 46.1 Å². The smallest absolute Gasteiger partial charge is 0.226 e. The van der Waals surface area contributed by atoms with Crippen LogP contribution in [0.3, 0.4) is 0 Å². The maximum atomic E-state index is 12.9. The summed E-state index contributed by atoms with van der Waals surface area (Å²) in [7, 11) is 0. The molecule has 1 fully saturated rings. The van der Waals surface area contributed by atoms with Gasteiger partial charge in [-0.05, 0) is 42.4 Å². The van der Waals surface area contributed by atoms with Crippen molar-refractivity contribution >= 4 is 11.6 Å². The van der Waals surface area contributed by atoms with E-state index in [0.717, 1.165) is 38.2 Å². The molecule has 0 N–H and O–H groups in total. The van der Waals surface area contributed by atoms with Gasteiger partial charge in [-0.2, -0.15) is 0 Å². The SMILES string of the molecule is CCC(=O)N(c1ccccc1)[C@H]1CCN(CCc2ccccc2)C[C@@H]1C(C)C. The minimum atomic E-state index is 0.236. The van der Waals surface area contributed by atoms with Gasteiger partial charge in [0.15, 0.2) is 0 Å². The maximum absolute atomic E-state index is 12.9. The highest BCUT2D eigenvalue weighted by atomic mass is 16.2. The van der Waals surface area contributed by atoms with Crippen molar-refractivity contribution in [1.82, 2.24) is 4.90 Å². The molecule has 150 valence electrons. The average Bonchev–Trinajstić information content (AvgIpc) is 2.74. The number of carbonyl (C=O) groups is 1. The molecule has 1 heterocycles. The monoisotopic (exact) mass is 378 g/mol. The van der Waals surface area contributed by atoms with Crippen molar-refractivity contribution in [3.8, 4) is 0 Å². The topological polar surface area (TPSA) is 23.6 Å². The quantitative estimate of drug-likeness (QED) is 0.675. The van der Waals surface area contributed by atoms with E-state index < -0.39 is 0 Å². The van der Waals surface area contributed by atoms with E-state index >= 15 is 0 Å². The minimum Gasteiger partial charge on any atom is -0.309 e. The van der Waals surface area contributed by atoms with Gasteiger partial charge in [0.05, 0.1) is 0 Å². The molecule has 2 atom stereocenters. The van der Waals surface area contributed by atoms with Crippen molar-refractivity contribution in [3.63, 3.8) is 0 Å². The van der Waals surface area contributed by atoms with Crippen molar-refractivity contribution in [2.24, 2.45) is 11.8 Å². The Morgan fingerprint density at radius 2 is 1.71 bits per heavy atom. The van der Waals surface area contributed by atoms with E-state index in [-0.39, 0.29) is 11.9 Å². The highest BCUT2D eigenvalue weighted by Gasteiger charge is 2.37. The molecule has 3 rings (SSSR count). The van der Waals surface area contributed by atoms with Gasteiger partial charge in [0.2, 0.25) is 5.91 Å². The largest absolute Gasteiger partial charge is 0.309 e. The zero-order valence-electron chi connectivity index (χ0n) is 17.6. The maximum Gasteiger partial charge on any atom is 0.226 e. The van der Waals surface area contributed by atoms with Crippen LogP contribution in [-0.4, -0.2) is 36.5 Å². The molecular weight excluding hydrogens is 344 g/mol. The molecule has 0 radical (unpaired) electrons. The second-order valence-electron chi connectivity index (χ2n) is 8.25. The van der Waals surface area contributed by atoms with E-state index in [1.807, 2.05) is 25.1 Å². The number of amides is 1. The number of likely N-dealkylation sites (tertiary alicyclic amines) is 1. The number of para-hydroxylation sites is 1. The molecule has 0 unspecified atom stereocenters. The van der Waals surface area contributed by atoms with Crippen LogP contribution in [0.2, 0.25) is 0 Å². The zero-order valence-corrected chi connectivity index (χ0v) is 17.6. The molecule has 1 amide bonds. The van der Waals surface area contributed by atoms with Crippen LogP contribution in [0.4, 0.5) is 5.69 Å². The van der Waals surface area contributed by atoms with Gasteiger partial charge in [0.1, 0.15) is 0 Å². The number of rotatable bonds is 7. The first kappa shape index (κ1) is 20.6. The van der Waals surface area contributed by atoms with Gasteiger partial charge < -0.3 is 9.80 Å². The summed E-state index contributed by atoms with van der Waals surface area (Å²) in [4.78, 5) is 17.6. The number of carbonyl (C=O) groups excluding carboxylic acids is 1. The zero-order chi connectivity index (χ0) is 19.9. The first-order valence-electron chi connectivity index (χ1n) is 10.7. The highest BCUT2D eigenvalue weighted by molar-refractivity contribution is 5.93. The fourth-order valence-corrected chi connectivity index (χ4v) is 4.43. The number of benzene rings is 2. The number of anilines is 1. The predicted molar refractivity (Wildman–Crippen MR) is 118 cm³/mol. The third kappa shape index (κ3) is 5.02. The lowest BCUT2D eigenvalue weighted by molar-refractivity contribution is -0.119. The van der Waals surface area contributed by atoms with Crippen molar-refractivity contribution in [2.75, 3.05) is 24.5 Å². The average molecular weight is 379 g/mol. The van der Waals surface area contributed by atoms with E-state index in [4.69, 9.17) is 0 Å². The summed E-state index contributed by atoms with van der Waals surface area (Å²) in [6.07, 6.45) is 2.68. The lowest BCUT2D eigenvalue weighted by atomic mass is 9.82. The van der Waals surface area contributed by atoms with Crippen LogP contribution in [0.15, 0.2) is 60.7 Å². The fraction of sp³-hybridized carbons (Fsp3) is 0.480.